The van der Waals surface area contributed by atoms with Crippen LogP contribution in [0, 0.1) is 6.92 Å². The first-order chi connectivity index (χ1) is 15.2. The van der Waals surface area contributed by atoms with Gasteiger partial charge in [0.25, 0.3) is 5.91 Å². The third-order valence-electron chi connectivity index (χ3n) is 5.07. The van der Waals surface area contributed by atoms with Crippen molar-refractivity contribution in [2.24, 2.45) is 0 Å². The van der Waals surface area contributed by atoms with E-state index in [0.717, 1.165) is 11.3 Å². The maximum absolute atomic E-state index is 13.0. The van der Waals surface area contributed by atoms with E-state index >= 15 is 0 Å². The van der Waals surface area contributed by atoms with Crippen LogP contribution in [-0.4, -0.2) is 35.4 Å². The molecule has 32 heavy (non-hydrogen) atoms. The van der Waals surface area contributed by atoms with Crippen molar-refractivity contribution in [3.05, 3.63) is 76.4 Å². The van der Waals surface area contributed by atoms with Crippen LogP contribution in [0.4, 0.5) is 11.4 Å². The van der Waals surface area contributed by atoms with Gasteiger partial charge >= 0.3 is 5.97 Å². The van der Waals surface area contributed by atoms with E-state index in [-0.39, 0.29) is 11.5 Å². The standard InChI is InChI=1S/C24H20N2O4S2/c1-14-4-5-15(23(28)29)12-19(14)20-11-10-18(30-20)13-21-22(27)26(24(31)32-21)17-8-6-16(7-9-17)25(2)3/h4-13H,1-3H3,(H,28,29)/b21-13-. The highest BCUT2D eigenvalue weighted by atomic mass is 32.2. The zero-order valence-electron chi connectivity index (χ0n) is 17.7. The van der Waals surface area contributed by atoms with Gasteiger partial charge in [-0.2, -0.15) is 0 Å². The monoisotopic (exact) mass is 464 g/mol. The van der Waals surface area contributed by atoms with E-state index in [1.54, 1.807) is 36.4 Å². The third kappa shape index (κ3) is 4.19. The molecule has 8 heteroatoms. The fraction of sp³-hybridized carbons (Fsp3) is 0.125. The SMILES string of the molecule is Cc1ccc(C(=O)O)cc1-c1ccc(/C=C2\SC(=S)N(c3ccc(N(C)C)cc3)C2=O)o1. The Morgan fingerprint density at radius 1 is 1.12 bits per heavy atom. The van der Waals surface area contributed by atoms with E-state index in [4.69, 9.17) is 16.6 Å². The van der Waals surface area contributed by atoms with Gasteiger partial charge in [-0.05, 0) is 61.0 Å². The number of carbonyl (C=O) groups excluding carboxylic acids is 1. The summed E-state index contributed by atoms with van der Waals surface area (Å²) in [4.78, 5) is 28.3. The molecule has 1 amide bonds. The molecule has 1 N–H and O–H groups in total. The fourth-order valence-electron chi connectivity index (χ4n) is 3.32. The van der Waals surface area contributed by atoms with E-state index in [1.165, 1.54) is 16.7 Å². The molecule has 0 saturated carbocycles. The van der Waals surface area contributed by atoms with E-state index < -0.39 is 5.97 Å². The number of aryl methyl sites for hydroxylation is 1. The number of carbonyl (C=O) groups is 2. The Morgan fingerprint density at radius 2 is 1.84 bits per heavy atom. The van der Waals surface area contributed by atoms with Crippen LogP contribution in [0.15, 0.2) is 63.9 Å². The van der Waals surface area contributed by atoms with Gasteiger partial charge in [0.1, 0.15) is 11.5 Å². The number of hydrogen-bond acceptors (Lipinski definition) is 6. The Morgan fingerprint density at radius 3 is 2.50 bits per heavy atom. The molecule has 162 valence electrons. The second-order valence-electron chi connectivity index (χ2n) is 7.46. The van der Waals surface area contributed by atoms with E-state index in [1.807, 2.05) is 50.2 Å². The topological polar surface area (TPSA) is 74.0 Å². The average Bonchev–Trinajstić information content (AvgIpc) is 3.32. The van der Waals surface area contributed by atoms with Crippen LogP contribution in [0.1, 0.15) is 21.7 Å². The summed E-state index contributed by atoms with van der Waals surface area (Å²) in [5.74, 6) is -0.185. The van der Waals surface area contributed by atoms with Gasteiger partial charge in [-0.25, -0.2) is 4.79 Å². The second-order valence-corrected chi connectivity index (χ2v) is 9.14. The summed E-state index contributed by atoms with van der Waals surface area (Å²) in [6, 6.07) is 16.0. The molecule has 0 spiro atoms. The Bertz CT molecular complexity index is 1260. The summed E-state index contributed by atoms with van der Waals surface area (Å²) in [6.07, 6.45) is 1.66. The van der Waals surface area contributed by atoms with Crippen LogP contribution in [-0.2, 0) is 4.79 Å². The Balaban J connectivity index is 1.60. The van der Waals surface area contributed by atoms with Crippen molar-refractivity contribution >= 4 is 57.6 Å². The van der Waals surface area contributed by atoms with Crippen molar-refractivity contribution in [2.75, 3.05) is 23.9 Å². The first-order valence-corrected chi connectivity index (χ1v) is 11.0. The number of carboxylic acids is 1. The number of thiocarbonyl (C=S) groups is 1. The molecule has 0 aliphatic carbocycles. The molecule has 0 atom stereocenters. The molecular weight excluding hydrogens is 444 g/mol. The van der Waals surface area contributed by atoms with Crippen LogP contribution < -0.4 is 9.80 Å². The maximum Gasteiger partial charge on any atom is 0.335 e. The first-order valence-electron chi connectivity index (χ1n) is 9.74. The summed E-state index contributed by atoms with van der Waals surface area (Å²) in [5.41, 5.74) is 3.51. The molecule has 3 aromatic rings. The van der Waals surface area contributed by atoms with Crippen molar-refractivity contribution in [2.45, 2.75) is 6.92 Å². The molecule has 1 aliphatic heterocycles. The van der Waals surface area contributed by atoms with E-state index in [9.17, 15) is 14.7 Å². The minimum absolute atomic E-state index is 0.185. The zero-order chi connectivity index (χ0) is 23.0. The normalized spacial score (nSPS) is 15.0. The quantitative estimate of drug-likeness (QED) is 0.399. The summed E-state index contributed by atoms with van der Waals surface area (Å²) >= 11 is 6.66. The van der Waals surface area contributed by atoms with Crippen LogP contribution in [0.5, 0.6) is 0 Å². The van der Waals surface area contributed by atoms with Gasteiger partial charge in [0.05, 0.1) is 16.2 Å². The molecule has 2 heterocycles. The lowest BCUT2D eigenvalue weighted by molar-refractivity contribution is -0.113. The lowest BCUT2D eigenvalue weighted by atomic mass is 10.0. The van der Waals surface area contributed by atoms with Gasteiger partial charge in [-0.15, -0.1) is 0 Å². The number of furan rings is 1. The highest BCUT2D eigenvalue weighted by Crippen LogP contribution is 2.37. The Hall–Kier alpha value is -3.36. The smallest absolute Gasteiger partial charge is 0.335 e. The lowest BCUT2D eigenvalue weighted by Crippen LogP contribution is -2.27. The largest absolute Gasteiger partial charge is 0.478 e. The summed E-state index contributed by atoms with van der Waals surface area (Å²) in [5, 5.41) is 9.26. The number of benzene rings is 2. The highest BCUT2D eigenvalue weighted by Gasteiger charge is 2.33. The fourth-order valence-corrected chi connectivity index (χ4v) is 4.59. The maximum atomic E-state index is 13.0. The molecule has 1 aliphatic rings. The van der Waals surface area contributed by atoms with Gasteiger partial charge in [0.15, 0.2) is 4.32 Å². The Labute approximate surface area is 195 Å². The molecule has 1 saturated heterocycles. The van der Waals surface area contributed by atoms with E-state index in [2.05, 4.69) is 0 Å². The number of thioether (sulfide) groups is 1. The molecule has 0 unspecified atom stereocenters. The summed E-state index contributed by atoms with van der Waals surface area (Å²) in [6.45, 7) is 1.88. The minimum Gasteiger partial charge on any atom is -0.478 e. The van der Waals surface area contributed by atoms with Gasteiger partial charge in [-0.3, -0.25) is 9.69 Å². The number of anilines is 2. The second kappa shape index (κ2) is 8.64. The predicted molar refractivity (Wildman–Crippen MR) is 132 cm³/mol. The van der Waals surface area contributed by atoms with Crippen LogP contribution in [0.25, 0.3) is 17.4 Å². The van der Waals surface area contributed by atoms with Crippen LogP contribution >= 0.6 is 24.0 Å². The highest BCUT2D eigenvalue weighted by molar-refractivity contribution is 8.27. The minimum atomic E-state index is -1.000. The molecule has 1 fully saturated rings. The molecule has 2 aromatic carbocycles. The summed E-state index contributed by atoms with van der Waals surface area (Å²) < 4.78 is 6.37. The number of rotatable bonds is 5. The van der Waals surface area contributed by atoms with Crippen molar-refractivity contribution in [1.29, 1.82) is 0 Å². The van der Waals surface area contributed by atoms with Gasteiger partial charge in [-0.1, -0.05) is 30.0 Å². The zero-order valence-corrected chi connectivity index (χ0v) is 19.3. The van der Waals surface area contributed by atoms with Gasteiger partial charge in [0, 0.05) is 31.4 Å². The molecule has 4 rings (SSSR count). The van der Waals surface area contributed by atoms with E-state index in [0.29, 0.717) is 32.0 Å². The predicted octanol–water partition coefficient (Wildman–Crippen LogP) is 5.43. The number of amides is 1. The average molecular weight is 465 g/mol. The molecule has 6 nitrogen and oxygen atoms in total. The molecule has 0 radical (unpaired) electrons. The molecular formula is C24H20N2O4S2. The van der Waals surface area contributed by atoms with Crippen molar-refractivity contribution in [1.82, 2.24) is 0 Å². The van der Waals surface area contributed by atoms with Crippen molar-refractivity contribution < 1.29 is 19.1 Å². The third-order valence-corrected chi connectivity index (χ3v) is 6.37. The number of nitrogens with zero attached hydrogens (tertiary/aromatic N) is 2. The number of hydrogen-bond donors (Lipinski definition) is 1. The lowest BCUT2D eigenvalue weighted by Gasteiger charge is -2.17. The van der Waals surface area contributed by atoms with Crippen LogP contribution in [0.2, 0.25) is 0 Å². The summed E-state index contributed by atoms with van der Waals surface area (Å²) in [7, 11) is 3.91. The van der Waals surface area contributed by atoms with Gasteiger partial charge < -0.3 is 14.4 Å². The van der Waals surface area contributed by atoms with Crippen LogP contribution in [0.3, 0.4) is 0 Å². The Kier molecular flexibility index (Phi) is 5.90. The van der Waals surface area contributed by atoms with Crippen molar-refractivity contribution in [3.8, 4) is 11.3 Å². The molecule has 0 bridgehead atoms. The number of aromatic carboxylic acids is 1. The van der Waals surface area contributed by atoms with Gasteiger partial charge in [0.2, 0.25) is 0 Å². The first kappa shape index (κ1) is 21.9. The van der Waals surface area contributed by atoms with Crippen molar-refractivity contribution in [3.63, 3.8) is 0 Å². The number of carboxylic acid groups (broad SMARTS) is 1. The molecule has 1 aromatic heterocycles.